The lowest BCUT2D eigenvalue weighted by molar-refractivity contribution is 0.414. The van der Waals surface area contributed by atoms with Crippen molar-refractivity contribution in [3.8, 4) is 5.75 Å². The van der Waals surface area contributed by atoms with Crippen molar-refractivity contribution in [2.75, 3.05) is 7.11 Å². The molecule has 0 aliphatic rings. The average molecular weight is 274 g/mol. The van der Waals surface area contributed by atoms with Crippen molar-refractivity contribution < 1.29 is 4.74 Å². The quantitative estimate of drug-likeness (QED) is 0.865. The minimum atomic E-state index is 0.688. The van der Waals surface area contributed by atoms with Crippen LogP contribution in [0.4, 0.5) is 0 Å². The van der Waals surface area contributed by atoms with E-state index in [4.69, 9.17) is 17.0 Å². The number of nitrogens with one attached hydrogen (secondary N) is 1. The fourth-order valence-corrected chi connectivity index (χ4v) is 2.28. The van der Waals surface area contributed by atoms with Crippen LogP contribution >= 0.6 is 12.2 Å². The Hall–Kier alpha value is -1.68. The fourth-order valence-electron chi connectivity index (χ4n) is 2.04. The second kappa shape index (κ2) is 5.97. The summed E-state index contributed by atoms with van der Waals surface area (Å²) in [7, 11) is 1.67. The number of hydrogen-bond donors (Lipinski definition) is 1. The molecule has 4 heteroatoms. The van der Waals surface area contributed by atoms with Crippen LogP contribution in [-0.2, 0) is 12.8 Å². The molecule has 0 unspecified atom stereocenters. The van der Waals surface area contributed by atoms with Crippen molar-refractivity contribution in [1.82, 2.24) is 9.97 Å². The number of ether oxygens (including phenoxy) is 1. The van der Waals surface area contributed by atoms with Crippen LogP contribution in [0.5, 0.6) is 5.75 Å². The first-order valence-corrected chi connectivity index (χ1v) is 6.76. The first kappa shape index (κ1) is 13.7. The van der Waals surface area contributed by atoms with Crippen molar-refractivity contribution in [3.05, 3.63) is 51.6 Å². The summed E-state index contributed by atoms with van der Waals surface area (Å²) < 4.78 is 5.92. The van der Waals surface area contributed by atoms with Crippen LogP contribution in [0, 0.1) is 11.6 Å². The number of aromatic nitrogens is 2. The summed E-state index contributed by atoms with van der Waals surface area (Å²) in [6.45, 7) is 4.13. The van der Waals surface area contributed by atoms with Gasteiger partial charge in [0.05, 0.1) is 7.11 Å². The highest BCUT2D eigenvalue weighted by molar-refractivity contribution is 7.71. The molecule has 0 aliphatic heterocycles. The molecule has 0 saturated carbocycles. The molecule has 0 spiro atoms. The highest BCUT2D eigenvalue weighted by Gasteiger charge is 2.05. The standard InChI is InChI=1S/C15H18N2OS/c1-4-13-10(2)15(19)17-14(16-13)9-11-6-5-7-12(8-11)18-3/h5-8H,4,9H2,1-3H3,(H,16,17,19). The third-order valence-electron chi connectivity index (χ3n) is 3.16. The fraction of sp³-hybridized carbons (Fsp3) is 0.333. The molecule has 0 atom stereocenters. The lowest BCUT2D eigenvalue weighted by atomic mass is 10.1. The summed E-state index contributed by atoms with van der Waals surface area (Å²) in [5.74, 6) is 1.76. The summed E-state index contributed by atoms with van der Waals surface area (Å²) in [5, 5.41) is 0. The Morgan fingerprint density at radius 2 is 2.16 bits per heavy atom. The van der Waals surface area contributed by atoms with Gasteiger partial charge in [0.2, 0.25) is 0 Å². The molecule has 2 rings (SSSR count). The van der Waals surface area contributed by atoms with Gasteiger partial charge in [0.1, 0.15) is 16.2 Å². The van der Waals surface area contributed by atoms with Gasteiger partial charge in [-0.25, -0.2) is 4.98 Å². The molecule has 0 aliphatic carbocycles. The van der Waals surface area contributed by atoms with Gasteiger partial charge in [0.25, 0.3) is 0 Å². The summed E-state index contributed by atoms with van der Waals surface area (Å²) >= 11 is 5.30. The molecule has 1 aromatic carbocycles. The Bertz CT molecular complexity index is 634. The third-order valence-corrected chi connectivity index (χ3v) is 3.56. The van der Waals surface area contributed by atoms with Gasteiger partial charge in [0.15, 0.2) is 0 Å². The van der Waals surface area contributed by atoms with Gasteiger partial charge < -0.3 is 9.72 Å². The molecule has 0 radical (unpaired) electrons. The number of aryl methyl sites for hydroxylation is 1. The van der Waals surface area contributed by atoms with Crippen LogP contribution in [-0.4, -0.2) is 17.1 Å². The highest BCUT2D eigenvalue weighted by atomic mass is 32.1. The SMILES string of the molecule is CCc1[nH]c(Cc2cccc(OC)c2)nc(=S)c1C. The molecule has 19 heavy (non-hydrogen) atoms. The van der Waals surface area contributed by atoms with Crippen molar-refractivity contribution in [3.63, 3.8) is 0 Å². The summed E-state index contributed by atoms with van der Waals surface area (Å²) in [6.07, 6.45) is 1.66. The molecule has 1 heterocycles. The molecular weight excluding hydrogens is 256 g/mol. The topological polar surface area (TPSA) is 37.9 Å². The van der Waals surface area contributed by atoms with Crippen LogP contribution in [0.25, 0.3) is 0 Å². The number of hydrogen-bond acceptors (Lipinski definition) is 3. The third kappa shape index (κ3) is 3.20. The molecule has 2 aromatic rings. The number of rotatable bonds is 4. The molecule has 0 saturated heterocycles. The second-order valence-corrected chi connectivity index (χ2v) is 4.86. The van der Waals surface area contributed by atoms with Gasteiger partial charge in [-0.1, -0.05) is 31.3 Å². The largest absolute Gasteiger partial charge is 0.497 e. The number of nitrogens with zero attached hydrogens (tertiary/aromatic N) is 1. The Balaban J connectivity index is 2.32. The lowest BCUT2D eigenvalue weighted by Crippen LogP contribution is -2.03. The summed E-state index contributed by atoms with van der Waals surface area (Å²) in [5.41, 5.74) is 3.40. The summed E-state index contributed by atoms with van der Waals surface area (Å²) in [6, 6.07) is 8.00. The Morgan fingerprint density at radius 3 is 2.84 bits per heavy atom. The number of aromatic amines is 1. The van der Waals surface area contributed by atoms with Crippen LogP contribution < -0.4 is 4.74 Å². The minimum absolute atomic E-state index is 0.688. The van der Waals surface area contributed by atoms with E-state index >= 15 is 0 Å². The lowest BCUT2D eigenvalue weighted by Gasteiger charge is -2.08. The molecule has 1 aromatic heterocycles. The molecule has 0 fully saturated rings. The van der Waals surface area contributed by atoms with Crippen molar-refractivity contribution >= 4 is 12.2 Å². The van der Waals surface area contributed by atoms with Crippen LogP contribution in [0.3, 0.4) is 0 Å². The minimum Gasteiger partial charge on any atom is -0.497 e. The second-order valence-electron chi connectivity index (χ2n) is 4.47. The maximum atomic E-state index is 5.30. The highest BCUT2D eigenvalue weighted by Crippen LogP contribution is 2.16. The molecule has 0 bridgehead atoms. The summed E-state index contributed by atoms with van der Waals surface area (Å²) in [4.78, 5) is 7.82. The van der Waals surface area contributed by atoms with E-state index in [2.05, 4.69) is 23.0 Å². The van der Waals surface area contributed by atoms with Crippen LogP contribution in [0.15, 0.2) is 24.3 Å². The number of methoxy groups -OCH3 is 1. The monoisotopic (exact) mass is 274 g/mol. The van der Waals surface area contributed by atoms with Gasteiger partial charge >= 0.3 is 0 Å². The van der Waals surface area contributed by atoms with Crippen molar-refractivity contribution in [1.29, 1.82) is 0 Å². The number of H-pyrrole nitrogens is 1. The van der Waals surface area contributed by atoms with Gasteiger partial charge in [-0.05, 0) is 31.0 Å². The zero-order valence-electron chi connectivity index (χ0n) is 11.5. The Morgan fingerprint density at radius 1 is 1.37 bits per heavy atom. The Labute approximate surface area is 118 Å². The van der Waals surface area contributed by atoms with E-state index in [-0.39, 0.29) is 0 Å². The molecule has 1 N–H and O–H groups in total. The first-order chi connectivity index (χ1) is 9.13. The van der Waals surface area contributed by atoms with Gasteiger partial charge in [-0.3, -0.25) is 0 Å². The van der Waals surface area contributed by atoms with E-state index in [0.717, 1.165) is 41.2 Å². The predicted molar refractivity (Wildman–Crippen MR) is 79.3 cm³/mol. The van der Waals surface area contributed by atoms with E-state index in [1.165, 1.54) is 0 Å². The van der Waals surface area contributed by atoms with E-state index in [1.54, 1.807) is 7.11 Å². The zero-order valence-corrected chi connectivity index (χ0v) is 12.3. The van der Waals surface area contributed by atoms with E-state index in [9.17, 15) is 0 Å². The molecular formula is C15H18N2OS. The molecule has 100 valence electrons. The molecule has 0 amide bonds. The van der Waals surface area contributed by atoms with E-state index < -0.39 is 0 Å². The average Bonchev–Trinajstić information content (AvgIpc) is 2.43. The smallest absolute Gasteiger partial charge is 0.132 e. The van der Waals surface area contributed by atoms with E-state index in [0.29, 0.717) is 4.64 Å². The Kier molecular flexibility index (Phi) is 4.32. The van der Waals surface area contributed by atoms with E-state index in [1.807, 2.05) is 25.1 Å². The van der Waals surface area contributed by atoms with Gasteiger partial charge in [0, 0.05) is 17.7 Å². The molecule has 3 nitrogen and oxygen atoms in total. The van der Waals surface area contributed by atoms with Crippen LogP contribution in [0.1, 0.15) is 29.6 Å². The predicted octanol–water partition coefficient (Wildman–Crippen LogP) is 3.61. The van der Waals surface area contributed by atoms with Gasteiger partial charge in [-0.2, -0.15) is 0 Å². The van der Waals surface area contributed by atoms with Crippen LogP contribution in [0.2, 0.25) is 0 Å². The maximum absolute atomic E-state index is 5.30. The van der Waals surface area contributed by atoms with Crippen molar-refractivity contribution in [2.24, 2.45) is 0 Å². The zero-order chi connectivity index (χ0) is 13.8. The first-order valence-electron chi connectivity index (χ1n) is 6.35. The van der Waals surface area contributed by atoms with Crippen molar-refractivity contribution in [2.45, 2.75) is 26.7 Å². The van der Waals surface area contributed by atoms with Gasteiger partial charge in [-0.15, -0.1) is 0 Å². The maximum Gasteiger partial charge on any atom is 0.132 e. The normalized spacial score (nSPS) is 10.5. The number of benzene rings is 1.